The van der Waals surface area contributed by atoms with Gasteiger partial charge in [0, 0.05) is 35.8 Å². The fraction of sp³-hybridized carbons (Fsp3) is 0.357. The number of benzene rings is 1. The third-order valence-corrected chi connectivity index (χ3v) is 5.66. The Bertz CT molecular complexity index is 600. The van der Waals surface area contributed by atoms with Crippen LogP contribution in [0, 0.1) is 0 Å². The molecule has 1 aliphatic rings. The Morgan fingerprint density at radius 3 is 2.85 bits per heavy atom. The zero-order valence-electron chi connectivity index (χ0n) is 10.7. The molecule has 0 saturated heterocycles. The van der Waals surface area contributed by atoms with Crippen LogP contribution in [0.4, 0.5) is 0 Å². The van der Waals surface area contributed by atoms with E-state index in [9.17, 15) is 0 Å². The minimum atomic E-state index is 0.00482. The van der Waals surface area contributed by atoms with Crippen molar-refractivity contribution in [2.45, 2.75) is 24.9 Å². The first kappa shape index (κ1) is 14.8. The van der Waals surface area contributed by atoms with Gasteiger partial charge in [0.2, 0.25) is 0 Å². The van der Waals surface area contributed by atoms with Gasteiger partial charge >= 0.3 is 0 Å². The maximum atomic E-state index is 6.57. The van der Waals surface area contributed by atoms with Gasteiger partial charge in [0.15, 0.2) is 3.92 Å². The van der Waals surface area contributed by atoms with Crippen molar-refractivity contribution in [1.82, 2.24) is 9.88 Å². The van der Waals surface area contributed by atoms with E-state index in [4.69, 9.17) is 23.2 Å². The molecule has 1 atom stereocenters. The Hall–Kier alpha value is -0.130. The summed E-state index contributed by atoms with van der Waals surface area (Å²) in [5.41, 5.74) is 2.43. The molecule has 6 heteroatoms. The number of fused-ring (bicyclic) bond motifs is 1. The predicted molar refractivity (Wildman–Crippen MR) is 88.7 cm³/mol. The number of hydrogen-bond acceptors (Lipinski definition) is 3. The molecule has 1 aromatic carbocycles. The fourth-order valence-electron chi connectivity index (χ4n) is 2.37. The summed E-state index contributed by atoms with van der Waals surface area (Å²) >= 11 is 17.6. The maximum absolute atomic E-state index is 6.57. The van der Waals surface area contributed by atoms with Crippen LogP contribution in [0.15, 0.2) is 28.2 Å². The number of aromatic nitrogens is 1. The van der Waals surface area contributed by atoms with E-state index in [-0.39, 0.29) is 5.50 Å². The first-order valence-corrected chi connectivity index (χ1v) is 8.81. The fourth-order valence-corrected chi connectivity index (χ4v) is 4.49. The molecule has 0 saturated carbocycles. The van der Waals surface area contributed by atoms with Crippen molar-refractivity contribution in [1.29, 1.82) is 0 Å². The van der Waals surface area contributed by atoms with E-state index in [2.05, 4.69) is 25.8 Å². The molecule has 1 aliphatic heterocycles. The molecule has 106 valence electrons. The lowest BCUT2D eigenvalue weighted by Gasteiger charge is -2.30. The van der Waals surface area contributed by atoms with Crippen LogP contribution < -0.4 is 0 Å². The number of rotatable bonds is 3. The van der Waals surface area contributed by atoms with Crippen molar-refractivity contribution in [3.8, 4) is 0 Å². The van der Waals surface area contributed by atoms with Crippen molar-refractivity contribution in [3.63, 3.8) is 0 Å². The zero-order valence-corrected chi connectivity index (χ0v) is 14.6. The number of thiazole rings is 1. The molecule has 2 heterocycles. The highest BCUT2D eigenvalue weighted by atomic mass is 79.9. The average Bonchev–Trinajstić information content (AvgIpc) is 2.80. The quantitative estimate of drug-likeness (QED) is 0.555. The van der Waals surface area contributed by atoms with E-state index in [1.54, 1.807) is 11.3 Å². The molecule has 2 aromatic rings. The van der Waals surface area contributed by atoms with Gasteiger partial charge in [-0.2, -0.15) is 0 Å². The minimum Gasteiger partial charge on any atom is -0.282 e. The second-order valence-corrected chi connectivity index (χ2v) is 8.12. The van der Waals surface area contributed by atoms with E-state index in [1.165, 1.54) is 16.1 Å². The maximum Gasteiger partial charge on any atom is 0.159 e. The molecule has 3 rings (SSSR count). The van der Waals surface area contributed by atoms with Gasteiger partial charge in [-0.3, -0.25) is 4.90 Å². The highest BCUT2D eigenvalue weighted by Gasteiger charge is 2.24. The molecule has 0 aliphatic carbocycles. The largest absolute Gasteiger partial charge is 0.282 e. The normalized spacial score (nSPS) is 16.9. The molecule has 2 nitrogen and oxygen atoms in total. The second kappa shape index (κ2) is 6.32. The molecular formula is C14H13BrCl2N2S. The lowest BCUT2D eigenvalue weighted by Crippen LogP contribution is -2.37. The first-order chi connectivity index (χ1) is 9.61. The number of alkyl halides is 1. The average molecular weight is 392 g/mol. The van der Waals surface area contributed by atoms with Crippen LogP contribution in [-0.2, 0) is 19.4 Å². The monoisotopic (exact) mass is 390 g/mol. The van der Waals surface area contributed by atoms with Crippen molar-refractivity contribution in [3.05, 3.63) is 49.3 Å². The van der Waals surface area contributed by atoms with E-state index in [1.807, 2.05) is 24.3 Å². The lowest BCUT2D eigenvalue weighted by atomic mass is 10.1. The SMILES string of the molecule is Clc1ccc(CC(Cl)N2CCc3nc(Br)sc3C2)cc1. The summed E-state index contributed by atoms with van der Waals surface area (Å²) in [4.78, 5) is 8.12. The smallest absolute Gasteiger partial charge is 0.159 e. The van der Waals surface area contributed by atoms with Crippen LogP contribution in [0.5, 0.6) is 0 Å². The molecular weight excluding hydrogens is 379 g/mol. The van der Waals surface area contributed by atoms with Gasteiger partial charge in [-0.25, -0.2) is 4.98 Å². The predicted octanol–water partition coefficient (Wildman–Crippen LogP) is 4.72. The highest BCUT2D eigenvalue weighted by Crippen LogP contribution is 2.30. The molecule has 0 spiro atoms. The van der Waals surface area contributed by atoms with E-state index in [0.29, 0.717) is 0 Å². The first-order valence-electron chi connectivity index (χ1n) is 6.38. The standard InChI is InChI=1S/C14H13BrCl2N2S/c15-14-18-11-5-6-19(8-12(11)20-14)13(17)7-9-1-3-10(16)4-2-9/h1-4,13H,5-8H2. The van der Waals surface area contributed by atoms with Crippen molar-refractivity contribution < 1.29 is 0 Å². The molecule has 0 bridgehead atoms. The Labute approximate surface area is 140 Å². The van der Waals surface area contributed by atoms with Gasteiger partial charge < -0.3 is 0 Å². The summed E-state index contributed by atoms with van der Waals surface area (Å²) < 4.78 is 0.966. The number of halogens is 3. The van der Waals surface area contributed by atoms with Crippen LogP contribution >= 0.6 is 50.5 Å². The molecule has 0 radical (unpaired) electrons. The van der Waals surface area contributed by atoms with Gasteiger partial charge in [-0.1, -0.05) is 23.7 Å². The van der Waals surface area contributed by atoms with E-state index in [0.717, 1.165) is 34.9 Å². The zero-order chi connectivity index (χ0) is 14.1. The molecule has 1 unspecified atom stereocenters. The van der Waals surface area contributed by atoms with Crippen LogP contribution in [0.2, 0.25) is 5.02 Å². The van der Waals surface area contributed by atoms with Crippen molar-refractivity contribution >= 4 is 50.5 Å². The van der Waals surface area contributed by atoms with Crippen LogP contribution in [-0.4, -0.2) is 21.9 Å². The molecule has 0 amide bonds. The molecule has 1 aromatic heterocycles. The molecule has 0 N–H and O–H groups in total. The van der Waals surface area contributed by atoms with E-state index < -0.39 is 0 Å². The third-order valence-electron chi connectivity index (χ3n) is 3.45. The summed E-state index contributed by atoms with van der Waals surface area (Å²) in [6, 6.07) is 7.90. The van der Waals surface area contributed by atoms with Gasteiger partial charge in [0.05, 0.1) is 11.2 Å². The number of hydrogen-bond donors (Lipinski definition) is 0. The highest BCUT2D eigenvalue weighted by molar-refractivity contribution is 9.11. The number of nitrogens with zero attached hydrogens (tertiary/aromatic N) is 2. The third kappa shape index (κ3) is 3.37. The molecule has 20 heavy (non-hydrogen) atoms. The Morgan fingerprint density at radius 2 is 2.10 bits per heavy atom. The second-order valence-electron chi connectivity index (χ2n) is 4.82. The minimum absolute atomic E-state index is 0.00482. The van der Waals surface area contributed by atoms with Crippen LogP contribution in [0.1, 0.15) is 16.1 Å². The van der Waals surface area contributed by atoms with Crippen LogP contribution in [0.25, 0.3) is 0 Å². The van der Waals surface area contributed by atoms with Gasteiger partial charge in [-0.05, 0) is 33.6 Å². The summed E-state index contributed by atoms with van der Waals surface area (Å²) in [7, 11) is 0. The Kier molecular flexibility index (Phi) is 4.68. The summed E-state index contributed by atoms with van der Waals surface area (Å²) in [5, 5.41) is 0.761. The van der Waals surface area contributed by atoms with Crippen molar-refractivity contribution in [2.75, 3.05) is 6.54 Å². The van der Waals surface area contributed by atoms with Crippen LogP contribution in [0.3, 0.4) is 0 Å². The van der Waals surface area contributed by atoms with Crippen molar-refractivity contribution in [2.24, 2.45) is 0 Å². The Balaban J connectivity index is 1.66. The van der Waals surface area contributed by atoms with E-state index >= 15 is 0 Å². The van der Waals surface area contributed by atoms with Gasteiger partial charge in [0.25, 0.3) is 0 Å². The van der Waals surface area contributed by atoms with Gasteiger partial charge in [-0.15, -0.1) is 22.9 Å². The molecule has 0 fully saturated rings. The van der Waals surface area contributed by atoms with Gasteiger partial charge in [0.1, 0.15) is 0 Å². The summed E-state index contributed by atoms with van der Waals surface area (Å²) in [6.45, 7) is 1.85. The Morgan fingerprint density at radius 1 is 1.35 bits per heavy atom. The summed E-state index contributed by atoms with van der Waals surface area (Å²) in [6.07, 6.45) is 1.80. The lowest BCUT2D eigenvalue weighted by molar-refractivity contribution is 0.232. The topological polar surface area (TPSA) is 16.1 Å². The summed E-state index contributed by atoms with van der Waals surface area (Å²) in [5.74, 6) is 0.